The molecule has 0 bridgehead atoms. The van der Waals surface area contributed by atoms with Crippen molar-refractivity contribution in [3.63, 3.8) is 0 Å². The summed E-state index contributed by atoms with van der Waals surface area (Å²) in [7, 11) is 0. The third kappa shape index (κ3) is 6.73. The topological polar surface area (TPSA) is 75.1 Å². The number of aliphatic carboxylic acids is 1. The Morgan fingerprint density at radius 3 is 2.65 bits per heavy atom. The third-order valence-electron chi connectivity index (χ3n) is 2.26. The van der Waals surface area contributed by atoms with Crippen molar-refractivity contribution < 1.29 is 9.90 Å². The Morgan fingerprint density at radius 2 is 2.00 bits per heavy atom. The van der Waals surface area contributed by atoms with Gasteiger partial charge in [-0.15, -0.1) is 10.2 Å². The van der Waals surface area contributed by atoms with E-state index in [4.69, 9.17) is 16.7 Å². The molecule has 0 spiro atoms. The van der Waals surface area contributed by atoms with Crippen LogP contribution in [0.4, 0.5) is 5.82 Å². The summed E-state index contributed by atoms with van der Waals surface area (Å²) < 4.78 is 0. The Balaban J connectivity index is 2.01. The van der Waals surface area contributed by atoms with E-state index in [-0.39, 0.29) is 6.42 Å². The molecule has 17 heavy (non-hydrogen) atoms. The first-order chi connectivity index (χ1) is 8.18. The van der Waals surface area contributed by atoms with Crippen LogP contribution in [-0.2, 0) is 4.79 Å². The Kier molecular flexibility index (Phi) is 6.32. The first-order valence-corrected chi connectivity index (χ1v) is 6.01. The average molecular weight is 258 g/mol. The number of nitrogens with one attached hydrogen (secondary N) is 1. The summed E-state index contributed by atoms with van der Waals surface area (Å²) in [5.41, 5.74) is 0. The second kappa shape index (κ2) is 7.84. The molecule has 2 N–H and O–H groups in total. The molecular formula is C11H16ClN3O2. The second-order valence-electron chi connectivity index (χ2n) is 3.73. The number of halogens is 1. The molecule has 0 unspecified atom stereocenters. The van der Waals surface area contributed by atoms with Gasteiger partial charge in [-0.05, 0) is 25.0 Å². The lowest BCUT2D eigenvalue weighted by molar-refractivity contribution is -0.137. The van der Waals surface area contributed by atoms with Crippen LogP contribution in [0.2, 0.25) is 5.15 Å². The highest BCUT2D eigenvalue weighted by Crippen LogP contribution is 2.07. The van der Waals surface area contributed by atoms with Crippen molar-refractivity contribution in [2.24, 2.45) is 0 Å². The summed E-state index contributed by atoms with van der Waals surface area (Å²) in [6.45, 7) is 0.809. The monoisotopic (exact) mass is 257 g/mol. The number of rotatable bonds is 8. The van der Waals surface area contributed by atoms with Crippen molar-refractivity contribution in [2.75, 3.05) is 11.9 Å². The van der Waals surface area contributed by atoms with Crippen LogP contribution in [0.5, 0.6) is 0 Å². The van der Waals surface area contributed by atoms with Crippen LogP contribution < -0.4 is 5.32 Å². The van der Waals surface area contributed by atoms with E-state index in [0.717, 1.165) is 32.2 Å². The normalized spacial score (nSPS) is 10.2. The summed E-state index contributed by atoms with van der Waals surface area (Å²) in [5.74, 6) is -0.0144. The first kappa shape index (κ1) is 13.7. The number of hydrogen-bond acceptors (Lipinski definition) is 4. The van der Waals surface area contributed by atoms with Gasteiger partial charge in [0.15, 0.2) is 5.15 Å². The average Bonchev–Trinajstić information content (AvgIpc) is 2.30. The van der Waals surface area contributed by atoms with Crippen LogP contribution in [-0.4, -0.2) is 27.8 Å². The smallest absolute Gasteiger partial charge is 0.303 e. The molecule has 1 heterocycles. The van der Waals surface area contributed by atoms with Crippen LogP contribution >= 0.6 is 11.6 Å². The second-order valence-corrected chi connectivity index (χ2v) is 4.11. The predicted octanol–water partition coefficient (Wildman–Crippen LogP) is 2.58. The van der Waals surface area contributed by atoms with E-state index >= 15 is 0 Å². The Labute approximate surface area is 105 Å². The highest BCUT2D eigenvalue weighted by atomic mass is 35.5. The minimum Gasteiger partial charge on any atom is -0.481 e. The molecule has 0 aromatic carbocycles. The van der Waals surface area contributed by atoms with Crippen molar-refractivity contribution >= 4 is 23.4 Å². The molecule has 0 fully saturated rings. The van der Waals surface area contributed by atoms with Crippen LogP contribution in [0, 0.1) is 0 Å². The van der Waals surface area contributed by atoms with E-state index in [1.807, 2.05) is 0 Å². The Hall–Kier alpha value is -1.36. The van der Waals surface area contributed by atoms with Gasteiger partial charge in [-0.2, -0.15) is 0 Å². The van der Waals surface area contributed by atoms with Crippen LogP contribution in [0.15, 0.2) is 12.1 Å². The minimum absolute atomic E-state index is 0.260. The molecule has 1 aromatic heterocycles. The lowest BCUT2D eigenvalue weighted by atomic mass is 10.1. The van der Waals surface area contributed by atoms with E-state index in [1.165, 1.54) is 0 Å². The molecule has 94 valence electrons. The van der Waals surface area contributed by atoms with Gasteiger partial charge in [-0.1, -0.05) is 24.4 Å². The quantitative estimate of drug-likeness (QED) is 0.700. The third-order valence-corrected chi connectivity index (χ3v) is 2.46. The number of carbonyl (C=O) groups is 1. The highest BCUT2D eigenvalue weighted by Gasteiger charge is 1.97. The van der Waals surface area contributed by atoms with E-state index in [0.29, 0.717) is 11.0 Å². The van der Waals surface area contributed by atoms with Gasteiger partial charge >= 0.3 is 5.97 Å². The highest BCUT2D eigenvalue weighted by molar-refractivity contribution is 6.29. The number of hydrogen-bond donors (Lipinski definition) is 2. The fraction of sp³-hybridized carbons (Fsp3) is 0.545. The number of carboxylic acids is 1. The van der Waals surface area contributed by atoms with E-state index < -0.39 is 5.97 Å². The fourth-order valence-corrected chi connectivity index (χ4v) is 1.48. The van der Waals surface area contributed by atoms with E-state index in [9.17, 15) is 4.79 Å². The Bertz CT molecular complexity index is 343. The van der Waals surface area contributed by atoms with Gasteiger partial charge in [0, 0.05) is 13.0 Å². The summed E-state index contributed by atoms with van der Waals surface area (Å²) in [6.07, 6.45) is 3.96. The molecule has 0 aliphatic rings. The van der Waals surface area contributed by atoms with Gasteiger partial charge in [-0.3, -0.25) is 4.79 Å². The molecule has 5 nitrogen and oxygen atoms in total. The molecule has 0 radical (unpaired) electrons. The molecule has 0 atom stereocenters. The van der Waals surface area contributed by atoms with Crippen LogP contribution in [0.1, 0.15) is 32.1 Å². The van der Waals surface area contributed by atoms with Crippen LogP contribution in [0.25, 0.3) is 0 Å². The first-order valence-electron chi connectivity index (χ1n) is 5.63. The molecule has 1 aromatic rings. The SMILES string of the molecule is O=C(O)CCCCCCNc1ccc(Cl)nn1. The van der Waals surface area contributed by atoms with Gasteiger partial charge in [-0.25, -0.2) is 0 Å². The zero-order chi connectivity index (χ0) is 12.5. The molecule has 0 saturated heterocycles. The van der Waals surface area contributed by atoms with Crippen molar-refractivity contribution in [1.82, 2.24) is 10.2 Å². The lowest BCUT2D eigenvalue weighted by Gasteiger charge is -2.04. The zero-order valence-corrected chi connectivity index (χ0v) is 10.3. The fourth-order valence-electron chi connectivity index (χ4n) is 1.38. The van der Waals surface area contributed by atoms with Crippen LogP contribution in [0.3, 0.4) is 0 Å². The summed E-state index contributed by atoms with van der Waals surface area (Å²) in [6, 6.07) is 3.46. The van der Waals surface area contributed by atoms with Crippen molar-refractivity contribution in [3.8, 4) is 0 Å². The molecule has 0 saturated carbocycles. The summed E-state index contributed by atoms with van der Waals surface area (Å²) in [5, 5.41) is 19.5. The number of carboxylic acid groups (broad SMARTS) is 1. The molecule has 1 rings (SSSR count). The van der Waals surface area contributed by atoms with Gasteiger partial charge in [0.25, 0.3) is 0 Å². The van der Waals surface area contributed by atoms with Crippen molar-refractivity contribution in [1.29, 1.82) is 0 Å². The lowest BCUT2D eigenvalue weighted by Crippen LogP contribution is -2.04. The van der Waals surface area contributed by atoms with Crippen molar-refractivity contribution in [2.45, 2.75) is 32.1 Å². The van der Waals surface area contributed by atoms with E-state index in [2.05, 4.69) is 15.5 Å². The zero-order valence-electron chi connectivity index (χ0n) is 9.53. The van der Waals surface area contributed by atoms with Crippen molar-refractivity contribution in [3.05, 3.63) is 17.3 Å². The van der Waals surface area contributed by atoms with Gasteiger partial charge in [0.05, 0.1) is 0 Å². The predicted molar refractivity (Wildman–Crippen MR) is 66.3 cm³/mol. The Morgan fingerprint density at radius 1 is 1.24 bits per heavy atom. The molecule has 0 aliphatic heterocycles. The largest absolute Gasteiger partial charge is 0.481 e. The molecule has 0 aliphatic carbocycles. The number of aromatic nitrogens is 2. The van der Waals surface area contributed by atoms with Gasteiger partial charge in [0.1, 0.15) is 5.82 Å². The maximum Gasteiger partial charge on any atom is 0.303 e. The van der Waals surface area contributed by atoms with Gasteiger partial charge in [0.2, 0.25) is 0 Å². The standard InChI is InChI=1S/C11H16ClN3O2/c12-9-6-7-10(15-14-9)13-8-4-2-1-3-5-11(16)17/h6-7H,1-5,8H2,(H,13,15)(H,16,17). The number of anilines is 1. The minimum atomic E-state index is -0.723. The maximum absolute atomic E-state index is 10.3. The molecule has 6 heteroatoms. The van der Waals surface area contributed by atoms with E-state index in [1.54, 1.807) is 12.1 Å². The molecule has 0 amide bonds. The number of unbranched alkanes of at least 4 members (excludes halogenated alkanes) is 3. The summed E-state index contributed by atoms with van der Waals surface area (Å²) >= 11 is 5.61. The number of nitrogens with zero attached hydrogens (tertiary/aromatic N) is 2. The van der Waals surface area contributed by atoms with Gasteiger partial charge < -0.3 is 10.4 Å². The molecular weight excluding hydrogens is 242 g/mol. The summed E-state index contributed by atoms with van der Waals surface area (Å²) in [4.78, 5) is 10.3. The maximum atomic E-state index is 10.3.